The molecule has 8 heteroatoms. The Morgan fingerprint density at radius 2 is 0.912 bits per heavy atom. The summed E-state index contributed by atoms with van der Waals surface area (Å²) < 4.78 is 6.06. The van der Waals surface area contributed by atoms with E-state index in [9.17, 15) is 0 Å². The summed E-state index contributed by atoms with van der Waals surface area (Å²) in [4.78, 5) is 9.49. The number of hydrogen-bond acceptors (Lipinski definition) is 3. The van der Waals surface area contributed by atoms with Crippen LogP contribution in [0.4, 0.5) is 11.4 Å². The summed E-state index contributed by atoms with van der Waals surface area (Å²) in [5, 5.41) is 2.88. The van der Waals surface area contributed by atoms with Gasteiger partial charge in [-0.2, -0.15) is 0 Å². The third kappa shape index (κ3) is 8.67. The van der Waals surface area contributed by atoms with E-state index in [1.807, 2.05) is 26.0 Å². The van der Waals surface area contributed by atoms with E-state index in [1.54, 1.807) is 0 Å². The molecule has 0 aliphatic heterocycles. The van der Waals surface area contributed by atoms with Gasteiger partial charge >= 0.3 is 33.3 Å². The first-order valence-electron chi connectivity index (χ1n) is 11.1. The van der Waals surface area contributed by atoms with Crippen molar-refractivity contribution in [2.45, 2.75) is 53.1 Å². The molecule has 1 heterocycles. The molecule has 0 bridgehead atoms. The second-order valence-corrected chi connectivity index (χ2v) is 22.2. The van der Waals surface area contributed by atoms with Crippen molar-refractivity contribution in [1.82, 2.24) is 0 Å². The Morgan fingerprint density at radius 3 is 1.18 bits per heavy atom. The fraction of sp³-hybridized carbons (Fsp3) is 0.308. The van der Waals surface area contributed by atoms with Crippen LogP contribution in [0.5, 0.6) is 0 Å². The van der Waals surface area contributed by atoms with E-state index >= 15 is 0 Å². The molecule has 0 fully saturated rings. The first-order chi connectivity index (χ1) is 15.8. The van der Waals surface area contributed by atoms with Crippen molar-refractivity contribution in [1.29, 1.82) is 0 Å². The Labute approximate surface area is 221 Å². The van der Waals surface area contributed by atoms with Gasteiger partial charge in [0.2, 0.25) is 0 Å². The van der Waals surface area contributed by atoms with Crippen LogP contribution in [0.2, 0.25) is 39.3 Å². The van der Waals surface area contributed by atoms with Crippen molar-refractivity contribution in [3.8, 4) is 0 Å². The van der Waals surface area contributed by atoms with Crippen molar-refractivity contribution >= 4 is 69.5 Å². The second kappa shape index (κ2) is 12.5. The molecule has 0 aliphatic rings. The van der Waals surface area contributed by atoms with Gasteiger partial charge < -0.3 is 4.42 Å². The van der Waals surface area contributed by atoms with E-state index in [0.717, 1.165) is 34.3 Å². The predicted octanol–water partition coefficient (Wildman–Crippen LogP) is 8.03. The third-order valence-corrected chi connectivity index (χ3v) is 9.51. The van der Waals surface area contributed by atoms with Crippen molar-refractivity contribution in [3.63, 3.8) is 0 Å². The van der Waals surface area contributed by atoms with Gasteiger partial charge in [0.1, 0.15) is 11.5 Å². The summed E-state index contributed by atoms with van der Waals surface area (Å²) in [6.45, 7) is 18.1. The summed E-state index contributed by atoms with van der Waals surface area (Å²) in [6, 6.07) is 21.1. The molecule has 184 valence electrons. The SMILES string of the molecule is CC(=Nc1ccc([Si](C)(C)C)cc1)c1ccc(C(C)=Nc2ccc([Si](C)(C)C)cc2)o1.[Cl][Fe][Cl]. The molecule has 3 aromatic rings. The van der Waals surface area contributed by atoms with Gasteiger partial charge in [-0.25, -0.2) is 9.98 Å². The van der Waals surface area contributed by atoms with Gasteiger partial charge in [0.15, 0.2) is 0 Å². The average Bonchev–Trinajstić information content (AvgIpc) is 3.24. The maximum absolute atomic E-state index is 6.06. The molecule has 0 amide bonds. The Morgan fingerprint density at radius 1 is 0.618 bits per heavy atom. The summed E-state index contributed by atoms with van der Waals surface area (Å²) in [6.07, 6.45) is 0. The quantitative estimate of drug-likeness (QED) is 0.217. The monoisotopic (exact) mass is 572 g/mol. The number of rotatable bonds is 6. The molecule has 0 spiro atoms. The molecule has 0 aliphatic carbocycles. The Balaban J connectivity index is 0.00000129. The summed E-state index contributed by atoms with van der Waals surface area (Å²) >= 11 is 0.194. The molecular weight excluding hydrogens is 539 g/mol. The summed E-state index contributed by atoms with van der Waals surface area (Å²) in [5.74, 6) is 1.54. The van der Waals surface area contributed by atoms with Crippen molar-refractivity contribution < 1.29 is 17.6 Å². The van der Waals surface area contributed by atoms with Gasteiger partial charge in [-0.1, -0.05) is 73.9 Å². The van der Waals surface area contributed by atoms with Gasteiger partial charge in [0.05, 0.1) is 38.9 Å². The number of aliphatic imine (C=N–C) groups is 2. The number of furan rings is 1. The first kappa shape index (κ1) is 28.8. The van der Waals surface area contributed by atoms with Crippen LogP contribution in [0.1, 0.15) is 25.4 Å². The van der Waals surface area contributed by atoms with Crippen LogP contribution in [0, 0.1) is 0 Å². The number of hydrogen-bond donors (Lipinski definition) is 0. The van der Waals surface area contributed by atoms with E-state index < -0.39 is 16.1 Å². The van der Waals surface area contributed by atoms with Gasteiger partial charge in [-0.3, -0.25) is 0 Å². The Kier molecular flexibility index (Phi) is 10.6. The zero-order valence-electron chi connectivity index (χ0n) is 21.2. The minimum absolute atomic E-state index is 0.194. The molecular formula is C26H34Cl2FeN2OSi2. The van der Waals surface area contributed by atoms with E-state index in [-0.39, 0.29) is 13.1 Å². The fourth-order valence-corrected chi connectivity index (χ4v) is 5.63. The summed E-state index contributed by atoms with van der Waals surface area (Å²) in [5.41, 5.74) is 3.62. The van der Waals surface area contributed by atoms with Gasteiger partial charge in [-0.05, 0) is 50.2 Å². The average molecular weight is 573 g/mol. The van der Waals surface area contributed by atoms with E-state index in [0.29, 0.717) is 0 Å². The van der Waals surface area contributed by atoms with Crippen LogP contribution < -0.4 is 10.4 Å². The van der Waals surface area contributed by atoms with E-state index in [4.69, 9.17) is 34.6 Å². The molecule has 3 nitrogen and oxygen atoms in total. The molecule has 1 aromatic heterocycles. The standard InChI is InChI=1S/C26H34N2OSi2.2ClH.Fe/c1-19(27-21-9-13-23(14-10-21)30(3,4)5)25-17-18-26(29-25)20(2)28-22-11-15-24(16-12-22)31(6,7)8;;;/h9-18H,1-8H3;2*1H;/q;;;+2/p-2. The Bertz CT molecular complexity index is 1040. The van der Waals surface area contributed by atoms with Gasteiger partial charge in [0.25, 0.3) is 0 Å². The first-order valence-corrected chi connectivity index (χ1v) is 21.2. The van der Waals surface area contributed by atoms with Crippen LogP contribution in [-0.2, 0) is 13.1 Å². The van der Waals surface area contributed by atoms with Crippen molar-refractivity contribution in [2.24, 2.45) is 9.98 Å². The normalized spacial score (nSPS) is 13.0. The zero-order chi connectivity index (χ0) is 25.5. The molecule has 2 aromatic carbocycles. The van der Waals surface area contributed by atoms with E-state index in [1.165, 1.54) is 10.4 Å². The number of benzene rings is 2. The zero-order valence-corrected chi connectivity index (χ0v) is 25.8. The van der Waals surface area contributed by atoms with Gasteiger partial charge in [0, 0.05) is 0 Å². The number of nitrogens with zero attached hydrogens (tertiary/aromatic N) is 2. The molecule has 0 unspecified atom stereocenters. The summed E-state index contributed by atoms with van der Waals surface area (Å²) in [7, 11) is 6.94. The van der Waals surface area contributed by atoms with Crippen LogP contribution in [0.25, 0.3) is 0 Å². The number of halogens is 2. The molecule has 3 rings (SSSR count). The molecule has 0 saturated heterocycles. The maximum atomic E-state index is 6.06. The van der Waals surface area contributed by atoms with E-state index in [2.05, 4.69) is 87.8 Å². The van der Waals surface area contributed by atoms with Crippen LogP contribution in [-0.4, -0.2) is 27.6 Å². The topological polar surface area (TPSA) is 37.9 Å². The fourth-order valence-electron chi connectivity index (χ4n) is 3.30. The van der Waals surface area contributed by atoms with Crippen LogP contribution in [0.15, 0.2) is 75.1 Å². The molecule has 34 heavy (non-hydrogen) atoms. The van der Waals surface area contributed by atoms with Crippen LogP contribution >= 0.6 is 20.2 Å². The van der Waals surface area contributed by atoms with Crippen molar-refractivity contribution in [2.75, 3.05) is 0 Å². The van der Waals surface area contributed by atoms with Crippen molar-refractivity contribution in [3.05, 3.63) is 72.2 Å². The molecule has 0 N–H and O–H groups in total. The second-order valence-electron chi connectivity index (χ2n) is 10.2. The molecule has 0 radical (unpaired) electrons. The minimum atomic E-state index is -1.29. The third-order valence-electron chi connectivity index (χ3n) is 5.38. The predicted molar refractivity (Wildman–Crippen MR) is 153 cm³/mol. The Hall–Kier alpha value is -1.41. The molecule has 0 atom stereocenters. The van der Waals surface area contributed by atoms with Crippen LogP contribution in [0.3, 0.4) is 0 Å². The molecule has 0 saturated carbocycles. The van der Waals surface area contributed by atoms with Gasteiger partial charge in [-0.15, -0.1) is 0 Å².